The Balaban J connectivity index is 2.42. The molecule has 0 bridgehead atoms. The second-order valence-electron chi connectivity index (χ2n) is 5.10. The van der Waals surface area contributed by atoms with Gasteiger partial charge in [-0.2, -0.15) is 5.10 Å². The standard InChI is InChI=1S/C14H25ClN4O2/c1-4-5-7-19-14(20)13(15)12(11-17-19)16-6-9-21-10-8-18(2)3/h11,16H,4-10H2,1-3H3. The Bertz CT molecular complexity index is 477. The Morgan fingerprint density at radius 1 is 1.43 bits per heavy atom. The number of hydrogen-bond acceptors (Lipinski definition) is 5. The van der Waals surface area contributed by atoms with Gasteiger partial charge in [-0.05, 0) is 20.5 Å². The highest BCUT2D eigenvalue weighted by molar-refractivity contribution is 6.32. The SMILES string of the molecule is CCCCn1ncc(NCCOCCN(C)C)c(Cl)c1=O. The van der Waals surface area contributed by atoms with Crippen molar-refractivity contribution in [2.75, 3.05) is 45.7 Å². The summed E-state index contributed by atoms with van der Waals surface area (Å²) in [4.78, 5) is 14.1. The summed E-state index contributed by atoms with van der Waals surface area (Å²) in [6.07, 6.45) is 3.52. The molecular weight excluding hydrogens is 292 g/mol. The number of rotatable bonds is 10. The van der Waals surface area contributed by atoms with Crippen LogP contribution in [0.25, 0.3) is 0 Å². The van der Waals surface area contributed by atoms with Crippen LogP contribution in [-0.2, 0) is 11.3 Å². The summed E-state index contributed by atoms with van der Waals surface area (Å²) in [5, 5.41) is 7.39. The normalized spacial score (nSPS) is 11.1. The minimum absolute atomic E-state index is 0.189. The number of ether oxygens (including phenoxy) is 1. The average Bonchev–Trinajstić information content (AvgIpc) is 2.45. The number of anilines is 1. The Morgan fingerprint density at radius 3 is 2.86 bits per heavy atom. The fraction of sp³-hybridized carbons (Fsp3) is 0.714. The van der Waals surface area contributed by atoms with E-state index in [-0.39, 0.29) is 10.6 Å². The lowest BCUT2D eigenvalue weighted by Gasteiger charge is -2.12. The lowest BCUT2D eigenvalue weighted by molar-refractivity contribution is 0.126. The number of aromatic nitrogens is 2. The molecule has 0 aliphatic carbocycles. The molecule has 0 unspecified atom stereocenters. The number of halogens is 1. The summed E-state index contributed by atoms with van der Waals surface area (Å²) in [7, 11) is 4.00. The van der Waals surface area contributed by atoms with Gasteiger partial charge in [-0.15, -0.1) is 0 Å². The van der Waals surface area contributed by atoms with E-state index in [0.29, 0.717) is 32.0 Å². The lowest BCUT2D eigenvalue weighted by Crippen LogP contribution is -2.25. The van der Waals surface area contributed by atoms with E-state index in [1.807, 2.05) is 14.1 Å². The topological polar surface area (TPSA) is 59.4 Å². The minimum atomic E-state index is -0.247. The van der Waals surface area contributed by atoms with Crippen LogP contribution in [0.1, 0.15) is 19.8 Å². The molecule has 120 valence electrons. The zero-order chi connectivity index (χ0) is 15.7. The second-order valence-corrected chi connectivity index (χ2v) is 5.47. The Hall–Kier alpha value is -1.11. The van der Waals surface area contributed by atoms with Gasteiger partial charge in [0.25, 0.3) is 5.56 Å². The van der Waals surface area contributed by atoms with Gasteiger partial charge >= 0.3 is 0 Å². The molecule has 0 aliphatic rings. The minimum Gasteiger partial charge on any atom is -0.380 e. The van der Waals surface area contributed by atoms with E-state index in [1.54, 1.807) is 6.20 Å². The van der Waals surface area contributed by atoms with Gasteiger partial charge in [0.15, 0.2) is 0 Å². The van der Waals surface area contributed by atoms with Crippen molar-refractivity contribution in [3.63, 3.8) is 0 Å². The third-order valence-corrected chi connectivity index (χ3v) is 3.32. The molecule has 0 saturated carbocycles. The maximum Gasteiger partial charge on any atom is 0.287 e. The lowest BCUT2D eigenvalue weighted by atomic mass is 10.3. The van der Waals surface area contributed by atoms with E-state index in [2.05, 4.69) is 22.2 Å². The number of aryl methyl sites for hydroxylation is 1. The van der Waals surface area contributed by atoms with Crippen LogP contribution in [0.3, 0.4) is 0 Å². The number of likely N-dealkylation sites (N-methyl/N-ethyl adjacent to an activating group) is 1. The highest BCUT2D eigenvalue weighted by Crippen LogP contribution is 2.14. The quantitative estimate of drug-likeness (QED) is 0.666. The van der Waals surface area contributed by atoms with Crippen LogP contribution in [0.4, 0.5) is 5.69 Å². The van der Waals surface area contributed by atoms with E-state index in [4.69, 9.17) is 16.3 Å². The fourth-order valence-corrected chi connectivity index (χ4v) is 1.88. The summed E-state index contributed by atoms with van der Waals surface area (Å²) in [5.74, 6) is 0. The van der Waals surface area contributed by atoms with E-state index >= 15 is 0 Å². The molecule has 0 spiro atoms. The monoisotopic (exact) mass is 316 g/mol. The predicted molar refractivity (Wildman–Crippen MR) is 86.3 cm³/mol. The fourth-order valence-electron chi connectivity index (χ4n) is 1.66. The molecule has 0 aromatic carbocycles. The molecule has 0 saturated heterocycles. The third kappa shape index (κ3) is 6.46. The van der Waals surface area contributed by atoms with Gasteiger partial charge in [0.05, 0.1) is 25.1 Å². The summed E-state index contributed by atoms with van der Waals surface area (Å²) in [6, 6.07) is 0. The second kappa shape index (κ2) is 9.76. The zero-order valence-electron chi connectivity index (χ0n) is 13.1. The van der Waals surface area contributed by atoms with E-state index < -0.39 is 0 Å². The largest absolute Gasteiger partial charge is 0.380 e. The van der Waals surface area contributed by atoms with Crippen molar-refractivity contribution in [2.45, 2.75) is 26.3 Å². The summed E-state index contributed by atoms with van der Waals surface area (Å²) in [5.41, 5.74) is 0.314. The van der Waals surface area contributed by atoms with Crippen LogP contribution in [0.2, 0.25) is 5.02 Å². The van der Waals surface area contributed by atoms with Gasteiger partial charge < -0.3 is 15.0 Å². The molecule has 0 fully saturated rings. The molecule has 21 heavy (non-hydrogen) atoms. The van der Waals surface area contributed by atoms with Crippen molar-refractivity contribution < 1.29 is 4.74 Å². The van der Waals surface area contributed by atoms with E-state index in [9.17, 15) is 4.79 Å². The van der Waals surface area contributed by atoms with Gasteiger partial charge in [0, 0.05) is 19.6 Å². The Labute approximate surface area is 131 Å². The molecule has 1 N–H and O–H groups in total. The highest BCUT2D eigenvalue weighted by atomic mass is 35.5. The molecule has 0 amide bonds. The first-order valence-electron chi connectivity index (χ1n) is 7.28. The first-order valence-corrected chi connectivity index (χ1v) is 7.66. The molecule has 1 rings (SSSR count). The molecule has 0 aliphatic heterocycles. The molecule has 0 radical (unpaired) electrons. The van der Waals surface area contributed by atoms with E-state index in [1.165, 1.54) is 4.68 Å². The first kappa shape index (κ1) is 17.9. The molecule has 6 nitrogen and oxygen atoms in total. The molecule has 7 heteroatoms. The maximum atomic E-state index is 12.0. The average molecular weight is 317 g/mol. The molecule has 1 heterocycles. The maximum absolute atomic E-state index is 12.0. The summed E-state index contributed by atoms with van der Waals surface area (Å²) >= 11 is 6.08. The molecule has 1 aromatic heterocycles. The number of nitrogens with one attached hydrogen (secondary N) is 1. The number of unbranched alkanes of at least 4 members (excludes halogenated alkanes) is 1. The van der Waals surface area contributed by atoms with Crippen molar-refractivity contribution >= 4 is 17.3 Å². The summed E-state index contributed by atoms with van der Waals surface area (Å²) < 4.78 is 6.87. The van der Waals surface area contributed by atoms with Crippen LogP contribution in [-0.4, -0.2) is 55.1 Å². The van der Waals surface area contributed by atoms with Crippen molar-refractivity contribution in [1.29, 1.82) is 0 Å². The summed E-state index contributed by atoms with van der Waals surface area (Å²) in [6.45, 7) is 5.38. The van der Waals surface area contributed by atoms with Crippen molar-refractivity contribution in [3.8, 4) is 0 Å². The number of nitrogens with zero attached hydrogens (tertiary/aromatic N) is 3. The van der Waals surface area contributed by atoms with Crippen LogP contribution >= 0.6 is 11.6 Å². The van der Waals surface area contributed by atoms with Gasteiger partial charge in [-0.3, -0.25) is 4.79 Å². The Morgan fingerprint density at radius 2 is 2.19 bits per heavy atom. The zero-order valence-corrected chi connectivity index (χ0v) is 13.8. The Kier molecular flexibility index (Phi) is 8.34. The van der Waals surface area contributed by atoms with Crippen LogP contribution < -0.4 is 10.9 Å². The van der Waals surface area contributed by atoms with Crippen LogP contribution in [0, 0.1) is 0 Å². The van der Waals surface area contributed by atoms with Crippen LogP contribution in [0.5, 0.6) is 0 Å². The van der Waals surface area contributed by atoms with Gasteiger partial charge in [0.1, 0.15) is 5.02 Å². The highest BCUT2D eigenvalue weighted by Gasteiger charge is 2.08. The van der Waals surface area contributed by atoms with Crippen LogP contribution in [0.15, 0.2) is 11.0 Å². The van der Waals surface area contributed by atoms with Gasteiger partial charge in [0.2, 0.25) is 0 Å². The van der Waals surface area contributed by atoms with Crippen molar-refractivity contribution in [1.82, 2.24) is 14.7 Å². The van der Waals surface area contributed by atoms with Gasteiger partial charge in [-0.25, -0.2) is 4.68 Å². The van der Waals surface area contributed by atoms with Crippen molar-refractivity contribution in [3.05, 3.63) is 21.6 Å². The first-order chi connectivity index (χ1) is 10.1. The van der Waals surface area contributed by atoms with Gasteiger partial charge in [-0.1, -0.05) is 24.9 Å². The molecular formula is C14H25ClN4O2. The number of hydrogen-bond donors (Lipinski definition) is 1. The molecule has 0 atom stereocenters. The van der Waals surface area contributed by atoms with Crippen molar-refractivity contribution in [2.24, 2.45) is 0 Å². The smallest absolute Gasteiger partial charge is 0.287 e. The van der Waals surface area contributed by atoms with E-state index in [0.717, 1.165) is 19.4 Å². The molecule has 1 aromatic rings. The third-order valence-electron chi connectivity index (χ3n) is 2.95. The predicted octanol–water partition coefficient (Wildman–Crippen LogP) is 1.69.